The molecule has 0 aliphatic rings. The van der Waals surface area contributed by atoms with Gasteiger partial charge in [-0.15, -0.1) is 0 Å². The summed E-state index contributed by atoms with van der Waals surface area (Å²) in [7, 11) is -3.60. The maximum atomic E-state index is 12.4. The van der Waals surface area contributed by atoms with Crippen LogP contribution in [0, 0.1) is 6.92 Å². The van der Waals surface area contributed by atoms with E-state index >= 15 is 0 Å². The Bertz CT molecular complexity index is 916. The highest BCUT2D eigenvalue weighted by atomic mass is 79.9. The van der Waals surface area contributed by atoms with Gasteiger partial charge in [0.05, 0.1) is 18.6 Å². The Morgan fingerprint density at radius 3 is 2.59 bits per heavy atom. The molecule has 0 atom stereocenters. The van der Waals surface area contributed by atoms with Crippen molar-refractivity contribution in [1.82, 2.24) is 5.32 Å². The van der Waals surface area contributed by atoms with Gasteiger partial charge in [0.15, 0.2) is 0 Å². The van der Waals surface area contributed by atoms with Crippen LogP contribution < -0.4 is 14.4 Å². The third-order valence-electron chi connectivity index (χ3n) is 3.82. The van der Waals surface area contributed by atoms with Gasteiger partial charge in [-0.1, -0.05) is 28.1 Å². The maximum Gasteiger partial charge on any atom is 0.241 e. The first-order valence-corrected chi connectivity index (χ1v) is 11.1. The third-order valence-corrected chi connectivity index (χ3v) is 5.85. The summed E-state index contributed by atoms with van der Waals surface area (Å²) in [5.74, 6) is 0.343. The standard InChI is InChI=1S/C19H23BrN2O4S/c1-4-26-17-7-5-6-15(11-17)12-21-19(23)13-22(27(3,24)25)16-8-9-18(20)14(2)10-16/h5-11H,4,12-13H2,1-3H3,(H,21,23). The predicted octanol–water partition coefficient (Wildman–Crippen LogP) is 3.24. The normalized spacial score (nSPS) is 11.1. The average molecular weight is 455 g/mol. The smallest absolute Gasteiger partial charge is 0.241 e. The Hall–Kier alpha value is -2.06. The number of aryl methyl sites for hydroxylation is 1. The molecule has 0 aliphatic heterocycles. The van der Waals surface area contributed by atoms with E-state index in [2.05, 4.69) is 21.2 Å². The van der Waals surface area contributed by atoms with Crippen LogP contribution >= 0.6 is 15.9 Å². The molecule has 8 heteroatoms. The van der Waals surface area contributed by atoms with Crippen LogP contribution in [0.1, 0.15) is 18.1 Å². The Kier molecular flexibility index (Phi) is 7.26. The van der Waals surface area contributed by atoms with E-state index in [0.29, 0.717) is 12.3 Å². The SMILES string of the molecule is CCOc1cccc(CNC(=O)CN(c2ccc(Br)c(C)c2)S(C)(=O)=O)c1. The molecule has 2 rings (SSSR count). The monoisotopic (exact) mass is 454 g/mol. The predicted molar refractivity (Wildman–Crippen MR) is 111 cm³/mol. The zero-order chi connectivity index (χ0) is 20.0. The maximum absolute atomic E-state index is 12.4. The van der Waals surface area contributed by atoms with E-state index < -0.39 is 10.0 Å². The number of carbonyl (C=O) groups excluding carboxylic acids is 1. The highest BCUT2D eigenvalue weighted by molar-refractivity contribution is 9.10. The molecule has 146 valence electrons. The van der Waals surface area contributed by atoms with Crippen molar-refractivity contribution in [3.63, 3.8) is 0 Å². The molecular weight excluding hydrogens is 432 g/mol. The summed E-state index contributed by atoms with van der Waals surface area (Å²) in [5, 5.41) is 2.76. The van der Waals surface area contributed by atoms with Crippen molar-refractivity contribution in [1.29, 1.82) is 0 Å². The van der Waals surface area contributed by atoms with E-state index in [-0.39, 0.29) is 19.0 Å². The van der Waals surface area contributed by atoms with Crippen molar-refractivity contribution in [3.05, 3.63) is 58.1 Å². The second-order valence-corrected chi connectivity index (χ2v) is 8.82. The molecule has 0 spiro atoms. The fourth-order valence-electron chi connectivity index (χ4n) is 2.48. The molecule has 0 bridgehead atoms. The number of rotatable bonds is 8. The lowest BCUT2D eigenvalue weighted by atomic mass is 10.2. The summed E-state index contributed by atoms with van der Waals surface area (Å²) < 4.78 is 31.8. The van der Waals surface area contributed by atoms with E-state index in [4.69, 9.17) is 4.74 Å². The molecule has 0 aromatic heterocycles. The zero-order valence-corrected chi connectivity index (χ0v) is 17.9. The first kappa shape index (κ1) is 21.2. The van der Waals surface area contributed by atoms with Gasteiger partial charge < -0.3 is 10.1 Å². The molecule has 0 fully saturated rings. The molecule has 0 radical (unpaired) electrons. The Labute approximate surface area is 168 Å². The van der Waals surface area contributed by atoms with Gasteiger partial charge >= 0.3 is 0 Å². The molecule has 1 amide bonds. The van der Waals surface area contributed by atoms with Crippen molar-refractivity contribution in [2.24, 2.45) is 0 Å². The van der Waals surface area contributed by atoms with Crippen molar-refractivity contribution in [3.8, 4) is 5.75 Å². The Morgan fingerprint density at radius 1 is 1.22 bits per heavy atom. The molecule has 1 N–H and O–H groups in total. The van der Waals surface area contributed by atoms with Crippen LogP contribution in [-0.2, 0) is 21.4 Å². The summed E-state index contributed by atoms with van der Waals surface area (Å²) in [6.45, 7) is 4.32. The topological polar surface area (TPSA) is 75.7 Å². The average Bonchev–Trinajstić information content (AvgIpc) is 2.60. The lowest BCUT2D eigenvalue weighted by Gasteiger charge is -2.22. The summed E-state index contributed by atoms with van der Waals surface area (Å²) in [6.07, 6.45) is 1.09. The summed E-state index contributed by atoms with van der Waals surface area (Å²) in [6, 6.07) is 12.6. The highest BCUT2D eigenvalue weighted by Gasteiger charge is 2.21. The number of ether oxygens (including phenoxy) is 1. The molecule has 0 heterocycles. The van der Waals surface area contributed by atoms with Gasteiger partial charge in [-0.2, -0.15) is 0 Å². The molecule has 0 aliphatic carbocycles. The van der Waals surface area contributed by atoms with Crippen LogP contribution in [0.15, 0.2) is 46.9 Å². The first-order chi connectivity index (χ1) is 12.7. The highest BCUT2D eigenvalue weighted by Crippen LogP contribution is 2.24. The summed E-state index contributed by atoms with van der Waals surface area (Å²) >= 11 is 3.39. The minimum absolute atomic E-state index is 0.287. The van der Waals surface area contributed by atoms with Crippen molar-refractivity contribution < 1.29 is 17.9 Å². The third kappa shape index (κ3) is 6.25. The number of nitrogens with zero attached hydrogens (tertiary/aromatic N) is 1. The molecular formula is C19H23BrN2O4S. The van der Waals surface area contributed by atoms with Gasteiger partial charge in [0.1, 0.15) is 12.3 Å². The van der Waals surface area contributed by atoms with E-state index in [0.717, 1.165) is 31.9 Å². The zero-order valence-electron chi connectivity index (χ0n) is 15.5. The number of benzene rings is 2. The molecule has 2 aromatic carbocycles. The van der Waals surface area contributed by atoms with Gasteiger partial charge in [-0.3, -0.25) is 9.10 Å². The number of carbonyl (C=O) groups is 1. The number of anilines is 1. The molecule has 2 aromatic rings. The van der Waals surface area contributed by atoms with Crippen molar-refractivity contribution in [2.75, 3.05) is 23.7 Å². The van der Waals surface area contributed by atoms with Gasteiger partial charge in [-0.25, -0.2) is 8.42 Å². The quantitative estimate of drug-likeness (QED) is 0.663. The minimum Gasteiger partial charge on any atom is -0.494 e. The number of hydrogen-bond donors (Lipinski definition) is 1. The lowest BCUT2D eigenvalue weighted by Crippen LogP contribution is -2.40. The number of halogens is 1. The van der Waals surface area contributed by atoms with Gasteiger partial charge in [0.25, 0.3) is 0 Å². The molecule has 6 nitrogen and oxygen atoms in total. The summed E-state index contributed by atoms with van der Waals surface area (Å²) in [5.41, 5.74) is 2.21. The van der Waals surface area contributed by atoms with E-state index in [1.165, 1.54) is 0 Å². The van der Waals surface area contributed by atoms with Crippen LogP contribution in [0.3, 0.4) is 0 Å². The van der Waals surface area contributed by atoms with Crippen LogP contribution in [0.4, 0.5) is 5.69 Å². The molecule has 0 unspecified atom stereocenters. The first-order valence-electron chi connectivity index (χ1n) is 8.43. The van der Waals surface area contributed by atoms with Crippen molar-refractivity contribution >= 4 is 37.5 Å². The Balaban J connectivity index is 2.08. The van der Waals surface area contributed by atoms with Crippen LogP contribution in [0.2, 0.25) is 0 Å². The fourth-order valence-corrected chi connectivity index (χ4v) is 3.58. The molecule has 0 saturated heterocycles. The number of amides is 1. The molecule has 27 heavy (non-hydrogen) atoms. The largest absolute Gasteiger partial charge is 0.494 e. The van der Waals surface area contributed by atoms with Gasteiger partial charge in [0.2, 0.25) is 15.9 Å². The van der Waals surface area contributed by atoms with Gasteiger partial charge in [-0.05, 0) is 55.3 Å². The van der Waals surface area contributed by atoms with Crippen molar-refractivity contribution in [2.45, 2.75) is 20.4 Å². The minimum atomic E-state index is -3.60. The second-order valence-electron chi connectivity index (χ2n) is 6.06. The number of nitrogens with one attached hydrogen (secondary N) is 1. The van der Waals surface area contributed by atoms with Crippen LogP contribution in [0.5, 0.6) is 5.75 Å². The number of hydrogen-bond acceptors (Lipinski definition) is 4. The fraction of sp³-hybridized carbons (Fsp3) is 0.316. The number of sulfonamides is 1. The van der Waals surface area contributed by atoms with Crippen LogP contribution in [-0.4, -0.2) is 33.7 Å². The van der Waals surface area contributed by atoms with Crippen LogP contribution in [0.25, 0.3) is 0 Å². The van der Waals surface area contributed by atoms with E-state index in [1.54, 1.807) is 18.2 Å². The Morgan fingerprint density at radius 2 is 1.96 bits per heavy atom. The molecule has 0 saturated carbocycles. The lowest BCUT2D eigenvalue weighted by molar-refractivity contribution is -0.119. The second kappa shape index (κ2) is 9.23. The van der Waals surface area contributed by atoms with E-state index in [1.807, 2.05) is 38.1 Å². The summed E-state index contributed by atoms with van der Waals surface area (Å²) in [4.78, 5) is 12.4. The van der Waals surface area contributed by atoms with Gasteiger partial charge in [0, 0.05) is 11.0 Å². The van der Waals surface area contributed by atoms with E-state index in [9.17, 15) is 13.2 Å².